The molecule has 1 heterocycles. The lowest BCUT2D eigenvalue weighted by Gasteiger charge is -2.17. The molecule has 2 amide bonds. The van der Waals surface area contributed by atoms with Crippen molar-refractivity contribution in [1.29, 1.82) is 0 Å². The minimum absolute atomic E-state index is 0.0286. The van der Waals surface area contributed by atoms with Crippen molar-refractivity contribution in [2.45, 2.75) is 12.5 Å². The summed E-state index contributed by atoms with van der Waals surface area (Å²) in [6.07, 6.45) is 0.263. The van der Waals surface area contributed by atoms with Gasteiger partial charge in [-0.15, -0.1) is 0 Å². The fraction of sp³-hybridized carbons (Fsp3) is 0.263. The van der Waals surface area contributed by atoms with Crippen LogP contribution in [0, 0.1) is 0 Å². The molecule has 7 heteroatoms. The Bertz CT molecular complexity index is 777. The van der Waals surface area contributed by atoms with Gasteiger partial charge in [-0.25, -0.2) is 0 Å². The van der Waals surface area contributed by atoms with Crippen LogP contribution in [0.5, 0.6) is 11.5 Å². The quantitative estimate of drug-likeness (QED) is 0.844. The first kappa shape index (κ1) is 18.1. The zero-order valence-electron chi connectivity index (χ0n) is 14.3. The number of nitrogens with zero attached hydrogens (tertiary/aromatic N) is 1. The van der Waals surface area contributed by atoms with Crippen LogP contribution < -0.4 is 19.7 Å². The smallest absolute Gasteiger partial charge is 0.258 e. The third-order valence-electron chi connectivity index (χ3n) is 4.06. The predicted octanol–water partition coefficient (Wildman–Crippen LogP) is 2.65. The number of hydrogen-bond donors (Lipinski definition) is 1. The van der Waals surface area contributed by atoms with Crippen LogP contribution in [0.3, 0.4) is 0 Å². The number of halogens is 1. The van der Waals surface area contributed by atoms with Crippen molar-refractivity contribution in [1.82, 2.24) is 5.32 Å². The highest BCUT2D eigenvalue weighted by atomic mass is 35.5. The third-order valence-corrected chi connectivity index (χ3v) is 4.31. The van der Waals surface area contributed by atoms with Crippen molar-refractivity contribution in [3.63, 3.8) is 0 Å². The standard InChI is InChI=1S/C19H19ClN2O4/c1-25-16-8-4-15(5-9-16)22-11-14(10-19(22)24)21-18(23)12-26-17-6-2-13(20)3-7-17/h2-9,14H,10-12H2,1H3,(H,21,23)/t14-/m1/s1. The summed E-state index contributed by atoms with van der Waals surface area (Å²) < 4.78 is 10.5. The summed E-state index contributed by atoms with van der Waals surface area (Å²) in [5.41, 5.74) is 0.782. The molecule has 0 spiro atoms. The number of carbonyl (C=O) groups is 2. The maximum absolute atomic E-state index is 12.2. The summed E-state index contributed by atoms with van der Waals surface area (Å²) in [4.78, 5) is 26.0. The van der Waals surface area contributed by atoms with Crippen molar-refractivity contribution >= 4 is 29.1 Å². The zero-order chi connectivity index (χ0) is 18.5. The number of amides is 2. The van der Waals surface area contributed by atoms with Gasteiger partial charge in [-0.3, -0.25) is 9.59 Å². The molecule has 0 aromatic heterocycles. The highest BCUT2D eigenvalue weighted by molar-refractivity contribution is 6.30. The lowest BCUT2D eigenvalue weighted by atomic mass is 10.2. The Balaban J connectivity index is 1.51. The minimum atomic E-state index is -0.269. The van der Waals surface area contributed by atoms with Crippen molar-refractivity contribution in [2.24, 2.45) is 0 Å². The summed E-state index contributed by atoms with van der Waals surface area (Å²) in [7, 11) is 1.59. The maximum atomic E-state index is 12.2. The van der Waals surface area contributed by atoms with E-state index in [1.165, 1.54) is 0 Å². The Labute approximate surface area is 156 Å². The molecule has 1 atom stereocenters. The predicted molar refractivity (Wildman–Crippen MR) is 98.8 cm³/mol. The summed E-state index contributed by atoms with van der Waals surface area (Å²) in [5.74, 6) is 0.991. The van der Waals surface area contributed by atoms with Crippen molar-refractivity contribution in [3.8, 4) is 11.5 Å². The molecule has 1 fully saturated rings. The SMILES string of the molecule is COc1ccc(N2C[C@H](NC(=O)COc3ccc(Cl)cc3)CC2=O)cc1. The molecule has 1 N–H and O–H groups in total. The van der Waals surface area contributed by atoms with Crippen LogP contribution in [0.15, 0.2) is 48.5 Å². The Hall–Kier alpha value is -2.73. The lowest BCUT2D eigenvalue weighted by Crippen LogP contribution is -2.39. The Morgan fingerprint density at radius 2 is 1.81 bits per heavy atom. The molecule has 6 nitrogen and oxygen atoms in total. The molecule has 3 rings (SSSR count). The summed E-state index contributed by atoms with van der Waals surface area (Å²) in [6, 6.07) is 13.8. The summed E-state index contributed by atoms with van der Waals surface area (Å²) in [6.45, 7) is 0.312. The van der Waals surface area contributed by atoms with Gasteiger partial charge in [-0.05, 0) is 48.5 Å². The normalized spacial score (nSPS) is 16.5. The van der Waals surface area contributed by atoms with Crippen LogP contribution in [0.25, 0.3) is 0 Å². The minimum Gasteiger partial charge on any atom is -0.497 e. The Morgan fingerprint density at radius 1 is 1.15 bits per heavy atom. The third kappa shape index (κ3) is 4.46. The van der Waals surface area contributed by atoms with E-state index in [-0.39, 0.29) is 30.9 Å². The Kier molecular flexibility index (Phi) is 5.63. The first-order valence-electron chi connectivity index (χ1n) is 8.17. The van der Waals surface area contributed by atoms with Crippen molar-refractivity contribution < 1.29 is 19.1 Å². The molecule has 0 radical (unpaired) electrons. The largest absolute Gasteiger partial charge is 0.497 e. The van der Waals surface area contributed by atoms with Crippen LogP contribution in [-0.4, -0.2) is 38.1 Å². The van der Waals surface area contributed by atoms with Gasteiger partial charge in [-0.2, -0.15) is 0 Å². The first-order valence-corrected chi connectivity index (χ1v) is 8.55. The molecule has 0 aliphatic carbocycles. The molecule has 1 saturated heterocycles. The van der Waals surface area contributed by atoms with Crippen LogP contribution in [0.2, 0.25) is 5.02 Å². The van der Waals surface area contributed by atoms with E-state index in [4.69, 9.17) is 21.1 Å². The zero-order valence-corrected chi connectivity index (χ0v) is 15.0. The van der Waals surface area contributed by atoms with E-state index in [1.54, 1.807) is 48.4 Å². The van der Waals surface area contributed by atoms with Gasteiger partial charge >= 0.3 is 0 Å². The van der Waals surface area contributed by atoms with E-state index in [1.807, 2.05) is 12.1 Å². The number of carbonyl (C=O) groups excluding carboxylic acids is 2. The second-order valence-corrected chi connectivity index (χ2v) is 6.35. The van der Waals surface area contributed by atoms with E-state index >= 15 is 0 Å². The van der Waals surface area contributed by atoms with Gasteiger partial charge in [0.2, 0.25) is 5.91 Å². The molecule has 2 aromatic carbocycles. The van der Waals surface area contributed by atoms with Gasteiger partial charge in [0.25, 0.3) is 5.91 Å². The van der Waals surface area contributed by atoms with Crippen LogP contribution in [0.4, 0.5) is 5.69 Å². The fourth-order valence-corrected chi connectivity index (χ4v) is 2.89. The van der Waals surface area contributed by atoms with E-state index in [0.29, 0.717) is 17.3 Å². The molecule has 136 valence electrons. The molecule has 0 saturated carbocycles. The van der Waals surface area contributed by atoms with Gasteiger partial charge in [0.15, 0.2) is 6.61 Å². The van der Waals surface area contributed by atoms with Gasteiger partial charge in [0.05, 0.1) is 13.2 Å². The summed E-state index contributed by atoms with van der Waals surface area (Å²) in [5, 5.41) is 3.44. The van der Waals surface area contributed by atoms with Gasteiger partial charge in [0.1, 0.15) is 11.5 Å². The number of nitrogens with one attached hydrogen (secondary N) is 1. The molecule has 26 heavy (non-hydrogen) atoms. The fourth-order valence-electron chi connectivity index (χ4n) is 2.77. The van der Waals surface area contributed by atoms with E-state index in [9.17, 15) is 9.59 Å². The number of rotatable bonds is 6. The molecule has 0 unspecified atom stereocenters. The van der Waals surface area contributed by atoms with E-state index < -0.39 is 0 Å². The van der Waals surface area contributed by atoms with Crippen LogP contribution in [0.1, 0.15) is 6.42 Å². The highest BCUT2D eigenvalue weighted by Crippen LogP contribution is 2.24. The topological polar surface area (TPSA) is 67.9 Å². The van der Waals surface area contributed by atoms with E-state index in [2.05, 4.69) is 5.32 Å². The number of benzene rings is 2. The molecule has 2 aromatic rings. The number of ether oxygens (including phenoxy) is 2. The second-order valence-electron chi connectivity index (χ2n) is 5.91. The monoisotopic (exact) mass is 374 g/mol. The average Bonchev–Trinajstić information content (AvgIpc) is 3.01. The molecule has 1 aliphatic heterocycles. The van der Waals surface area contributed by atoms with Gasteiger partial charge in [-0.1, -0.05) is 11.6 Å². The maximum Gasteiger partial charge on any atom is 0.258 e. The highest BCUT2D eigenvalue weighted by Gasteiger charge is 2.31. The van der Waals surface area contributed by atoms with Gasteiger partial charge < -0.3 is 19.7 Å². The van der Waals surface area contributed by atoms with Gasteiger partial charge in [0, 0.05) is 23.7 Å². The summed E-state index contributed by atoms with van der Waals surface area (Å²) >= 11 is 5.80. The van der Waals surface area contributed by atoms with Crippen molar-refractivity contribution in [2.75, 3.05) is 25.2 Å². The average molecular weight is 375 g/mol. The van der Waals surface area contributed by atoms with Crippen LogP contribution >= 0.6 is 11.6 Å². The van der Waals surface area contributed by atoms with E-state index in [0.717, 1.165) is 11.4 Å². The molecular formula is C19H19ClN2O4. The first-order chi connectivity index (χ1) is 12.5. The number of methoxy groups -OCH3 is 1. The second kappa shape index (κ2) is 8.10. The van der Waals surface area contributed by atoms with Crippen LogP contribution in [-0.2, 0) is 9.59 Å². The number of anilines is 1. The molecule has 0 bridgehead atoms. The molecule has 1 aliphatic rings. The van der Waals surface area contributed by atoms with Crippen molar-refractivity contribution in [3.05, 3.63) is 53.6 Å². The lowest BCUT2D eigenvalue weighted by molar-refractivity contribution is -0.123. The molecular weight excluding hydrogens is 356 g/mol. The Morgan fingerprint density at radius 3 is 2.46 bits per heavy atom. The number of hydrogen-bond acceptors (Lipinski definition) is 4.